The summed E-state index contributed by atoms with van der Waals surface area (Å²) in [7, 11) is 0. The molecule has 0 amide bonds. The third-order valence-electron chi connectivity index (χ3n) is 4.40. The van der Waals surface area contributed by atoms with Crippen LogP contribution in [-0.4, -0.2) is 21.3 Å². The van der Waals surface area contributed by atoms with Crippen molar-refractivity contribution in [2.45, 2.75) is 25.9 Å². The molecule has 1 aromatic carbocycles. The first-order chi connectivity index (χ1) is 11.4. The third-order valence-corrected chi connectivity index (χ3v) is 4.40. The van der Waals surface area contributed by atoms with Crippen LogP contribution < -0.4 is 5.32 Å². The van der Waals surface area contributed by atoms with E-state index >= 15 is 0 Å². The van der Waals surface area contributed by atoms with E-state index in [1.54, 1.807) is 6.20 Å². The van der Waals surface area contributed by atoms with Gasteiger partial charge in [-0.25, -0.2) is 0 Å². The van der Waals surface area contributed by atoms with Crippen molar-refractivity contribution >= 4 is 0 Å². The summed E-state index contributed by atoms with van der Waals surface area (Å²) in [6.45, 7) is 2.84. The van der Waals surface area contributed by atoms with Crippen LogP contribution in [0.1, 0.15) is 16.8 Å². The Bertz CT molecular complexity index is 778. The lowest BCUT2D eigenvalue weighted by molar-refractivity contribution is 0.551. The second-order valence-electron chi connectivity index (χ2n) is 5.90. The van der Waals surface area contributed by atoms with Gasteiger partial charge in [-0.2, -0.15) is 5.10 Å². The largest absolute Gasteiger partial charge is 0.312 e. The summed E-state index contributed by atoms with van der Waals surface area (Å²) in [5.74, 6) is 0. The molecule has 0 fully saturated rings. The minimum Gasteiger partial charge on any atom is -0.312 e. The predicted molar refractivity (Wildman–Crippen MR) is 91.0 cm³/mol. The fourth-order valence-corrected chi connectivity index (χ4v) is 3.22. The second kappa shape index (κ2) is 6.34. The molecule has 1 aliphatic heterocycles. The first-order valence-electron chi connectivity index (χ1n) is 8.15. The van der Waals surface area contributed by atoms with Crippen molar-refractivity contribution in [3.05, 3.63) is 71.7 Å². The van der Waals surface area contributed by atoms with E-state index < -0.39 is 0 Å². The van der Waals surface area contributed by atoms with Crippen molar-refractivity contribution in [3.63, 3.8) is 0 Å². The highest BCUT2D eigenvalue weighted by atomic mass is 15.3. The van der Waals surface area contributed by atoms with Gasteiger partial charge >= 0.3 is 0 Å². The van der Waals surface area contributed by atoms with E-state index in [0.717, 1.165) is 43.7 Å². The molecule has 23 heavy (non-hydrogen) atoms. The first kappa shape index (κ1) is 14.2. The second-order valence-corrected chi connectivity index (χ2v) is 5.90. The molecule has 3 heterocycles. The predicted octanol–water partition coefficient (Wildman–Crippen LogP) is 2.83. The van der Waals surface area contributed by atoms with Gasteiger partial charge in [0.15, 0.2) is 0 Å². The molecule has 1 aliphatic rings. The Morgan fingerprint density at radius 1 is 1.09 bits per heavy atom. The summed E-state index contributed by atoms with van der Waals surface area (Å²) in [4.78, 5) is 4.24. The molecule has 0 unspecified atom stereocenters. The van der Waals surface area contributed by atoms with Crippen LogP contribution in [0.25, 0.3) is 11.3 Å². The van der Waals surface area contributed by atoms with Crippen molar-refractivity contribution in [3.8, 4) is 11.3 Å². The van der Waals surface area contributed by atoms with E-state index in [0.29, 0.717) is 0 Å². The molecule has 2 aromatic heterocycles. The molecular formula is C19H20N4. The van der Waals surface area contributed by atoms with Gasteiger partial charge in [-0.15, -0.1) is 0 Å². The monoisotopic (exact) mass is 304 g/mol. The molecule has 116 valence electrons. The van der Waals surface area contributed by atoms with Crippen LogP contribution in [0.5, 0.6) is 0 Å². The van der Waals surface area contributed by atoms with Crippen LogP contribution in [-0.2, 0) is 25.9 Å². The highest BCUT2D eigenvalue weighted by Gasteiger charge is 2.21. The van der Waals surface area contributed by atoms with E-state index in [-0.39, 0.29) is 0 Å². The summed E-state index contributed by atoms with van der Waals surface area (Å²) in [5.41, 5.74) is 6.24. The standard InChI is InChI=1S/C19H20N4/c1-2-5-15(6-3-1)9-12-23-18-8-11-21-14-17(18)19(22-23)16-7-4-10-20-13-16/h1-7,10,13,21H,8-9,11-12,14H2. The van der Waals surface area contributed by atoms with Crippen LogP contribution in [0.4, 0.5) is 0 Å². The molecule has 0 saturated heterocycles. The molecule has 0 saturated carbocycles. The van der Waals surface area contributed by atoms with Gasteiger partial charge in [0.1, 0.15) is 0 Å². The van der Waals surface area contributed by atoms with Gasteiger partial charge in [0, 0.05) is 55.3 Å². The molecular weight excluding hydrogens is 284 g/mol. The van der Waals surface area contributed by atoms with Crippen molar-refractivity contribution in [1.82, 2.24) is 20.1 Å². The van der Waals surface area contributed by atoms with Gasteiger partial charge < -0.3 is 5.32 Å². The summed E-state index contributed by atoms with van der Waals surface area (Å²) < 4.78 is 2.20. The lowest BCUT2D eigenvalue weighted by Gasteiger charge is -2.15. The number of pyridine rings is 1. The van der Waals surface area contributed by atoms with Crippen LogP contribution >= 0.6 is 0 Å². The van der Waals surface area contributed by atoms with Crippen LogP contribution in [0, 0.1) is 0 Å². The molecule has 0 aliphatic carbocycles. The van der Waals surface area contributed by atoms with Gasteiger partial charge in [0.2, 0.25) is 0 Å². The van der Waals surface area contributed by atoms with Crippen LogP contribution in [0.15, 0.2) is 54.9 Å². The minimum absolute atomic E-state index is 0.894. The van der Waals surface area contributed by atoms with E-state index in [9.17, 15) is 0 Å². The average Bonchev–Trinajstić information content (AvgIpc) is 3.01. The number of rotatable bonds is 4. The topological polar surface area (TPSA) is 42.7 Å². The number of hydrogen-bond donors (Lipinski definition) is 1. The highest BCUT2D eigenvalue weighted by Crippen LogP contribution is 2.27. The van der Waals surface area contributed by atoms with Gasteiger partial charge in [-0.1, -0.05) is 30.3 Å². The van der Waals surface area contributed by atoms with Gasteiger partial charge in [0.05, 0.1) is 5.69 Å². The average molecular weight is 304 g/mol. The molecule has 4 heteroatoms. The maximum Gasteiger partial charge on any atom is 0.0986 e. The fourth-order valence-electron chi connectivity index (χ4n) is 3.22. The Hall–Kier alpha value is -2.46. The SMILES string of the molecule is c1ccc(CCn2nc(-c3cccnc3)c3c2CCNC3)cc1. The van der Waals surface area contributed by atoms with Crippen molar-refractivity contribution in [1.29, 1.82) is 0 Å². The third kappa shape index (κ3) is 2.90. The van der Waals surface area contributed by atoms with Gasteiger partial charge in [-0.05, 0) is 24.1 Å². The number of benzene rings is 1. The Morgan fingerprint density at radius 2 is 2.00 bits per heavy atom. The van der Waals surface area contributed by atoms with Crippen molar-refractivity contribution in [2.75, 3.05) is 6.54 Å². The van der Waals surface area contributed by atoms with Crippen LogP contribution in [0.3, 0.4) is 0 Å². The van der Waals surface area contributed by atoms with Crippen molar-refractivity contribution in [2.24, 2.45) is 0 Å². The number of hydrogen-bond acceptors (Lipinski definition) is 3. The zero-order valence-corrected chi connectivity index (χ0v) is 13.1. The smallest absolute Gasteiger partial charge is 0.0986 e. The molecule has 4 rings (SSSR count). The summed E-state index contributed by atoms with van der Waals surface area (Å²) in [5, 5.41) is 8.38. The number of fused-ring (bicyclic) bond motifs is 1. The van der Waals surface area contributed by atoms with Gasteiger partial charge in [0.25, 0.3) is 0 Å². The van der Waals surface area contributed by atoms with Crippen molar-refractivity contribution < 1.29 is 0 Å². The minimum atomic E-state index is 0.894. The maximum absolute atomic E-state index is 4.91. The quantitative estimate of drug-likeness (QED) is 0.806. The molecule has 0 radical (unpaired) electrons. The zero-order chi connectivity index (χ0) is 15.5. The van der Waals surface area contributed by atoms with E-state index in [1.165, 1.54) is 16.8 Å². The maximum atomic E-state index is 4.91. The molecule has 1 N–H and O–H groups in total. The normalized spacial score (nSPS) is 13.7. The van der Waals surface area contributed by atoms with E-state index in [2.05, 4.69) is 51.4 Å². The molecule has 0 atom stereocenters. The molecule has 3 aromatic rings. The van der Waals surface area contributed by atoms with Gasteiger partial charge in [-0.3, -0.25) is 9.67 Å². The first-order valence-corrected chi connectivity index (χ1v) is 8.15. The lowest BCUT2D eigenvalue weighted by Crippen LogP contribution is -2.25. The number of aryl methyl sites for hydroxylation is 2. The number of nitrogens with one attached hydrogen (secondary N) is 1. The molecule has 0 bridgehead atoms. The molecule has 0 spiro atoms. The lowest BCUT2D eigenvalue weighted by atomic mass is 10.0. The van der Waals surface area contributed by atoms with Crippen LogP contribution in [0.2, 0.25) is 0 Å². The Kier molecular flexibility index (Phi) is 3.90. The zero-order valence-electron chi connectivity index (χ0n) is 13.1. The molecule has 4 nitrogen and oxygen atoms in total. The highest BCUT2D eigenvalue weighted by molar-refractivity contribution is 5.63. The van der Waals surface area contributed by atoms with E-state index in [1.807, 2.05) is 12.3 Å². The Labute approximate surface area is 136 Å². The Morgan fingerprint density at radius 3 is 2.83 bits per heavy atom. The fraction of sp³-hybridized carbons (Fsp3) is 0.263. The van der Waals surface area contributed by atoms with E-state index in [4.69, 9.17) is 5.10 Å². The number of aromatic nitrogens is 3. The number of nitrogens with zero attached hydrogens (tertiary/aromatic N) is 3. The Balaban J connectivity index is 1.66. The summed E-state index contributed by atoms with van der Waals surface area (Å²) in [6, 6.07) is 14.7. The summed E-state index contributed by atoms with van der Waals surface area (Å²) >= 11 is 0. The summed E-state index contributed by atoms with van der Waals surface area (Å²) in [6.07, 6.45) is 5.76.